The third kappa shape index (κ3) is 2.42. The van der Waals surface area contributed by atoms with E-state index in [1.54, 1.807) is 12.1 Å². The zero-order valence-corrected chi connectivity index (χ0v) is 11.6. The van der Waals surface area contributed by atoms with Crippen molar-refractivity contribution in [3.05, 3.63) is 60.7 Å². The average molecular weight is 294 g/mol. The van der Waals surface area contributed by atoms with Crippen LogP contribution < -0.4 is 0 Å². The van der Waals surface area contributed by atoms with Crippen molar-refractivity contribution in [2.45, 2.75) is 0 Å². The number of hydrogen-bond acceptors (Lipinski definition) is 4. The summed E-state index contributed by atoms with van der Waals surface area (Å²) in [6.07, 6.45) is 0. The predicted octanol–water partition coefficient (Wildman–Crippen LogP) is 3.84. The van der Waals surface area contributed by atoms with Gasteiger partial charge in [-0.2, -0.15) is 0 Å². The Kier molecular flexibility index (Phi) is 3.35. The Bertz CT molecular complexity index is 770. The highest BCUT2D eigenvalue weighted by molar-refractivity contribution is 5.84. The van der Waals surface area contributed by atoms with E-state index < -0.39 is 0 Å². The SMILES string of the molecule is Oc1ccc(-c2ccccc2-c2ccc(O)c(O)c2)cc1O. The van der Waals surface area contributed by atoms with Gasteiger partial charge in [0, 0.05) is 0 Å². The highest BCUT2D eigenvalue weighted by atomic mass is 16.3. The summed E-state index contributed by atoms with van der Waals surface area (Å²) in [5.41, 5.74) is 3.14. The molecule has 3 rings (SSSR count). The van der Waals surface area contributed by atoms with Gasteiger partial charge in [0.05, 0.1) is 0 Å². The quantitative estimate of drug-likeness (QED) is 0.541. The third-order valence-electron chi connectivity index (χ3n) is 3.50. The molecule has 0 saturated heterocycles. The van der Waals surface area contributed by atoms with Crippen molar-refractivity contribution < 1.29 is 20.4 Å². The van der Waals surface area contributed by atoms with Crippen LogP contribution in [0.25, 0.3) is 22.3 Å². The molecule has 0 aliphatic heterocycles. The molecular weight excluding hydrogens is 280 g/mol. The minimum atomic E-state index is -0.194. The molecule has 0 unspecified atom stereocenters. The zero-order valence-electron chi connectivity index (χ0n) is 11.6. The molecule has 0 aromatic heterocycles. The topological polar surface area (TPSA) is 80.9 Å². The Balaban J connectivity index is 2.17. The molecule has 0 fully saturated rings. The van der Waals surface area contributed by atoms with Crippen molar-refractivity contribution in [3.63, 3.8) is 0 Å². The third-order valence-corrected chi connectivity index (χ3v) is 3.50. The second kappa shape index (κ2) is 5.33. The van der Waals surface area contributed by atoms with E-state index in [9.17, 15) is 20.4 Å². The van der Waals surface area contributed by atoms with Crippen LogP contribution in [0.4, 0.5) is 0 Å². The van der Waals surface area contributed by atoms with E-state index in [2.05, 4.69) is 0 Å². The molecule has 110 valence electrons. The number of rotatable bonds is 2. The zero-order chi connectivity index (χ0) is 15.7. The van der Waals surface area contributed by atoms with Crippen LogP contribution >= 0.6 is 0 Å². The molecule has 0 atom stereocenters. The highest BCUT2D eigenvalue weighted by Gasteiger charge is 2.10. The van der Waals surface area contributed by atoms with Crippen LogP contribution in [0, 0.1) is 0 Å². The first-order valence-corrected chi connectivity index (χ1v) is 6.70. The Morgan fingerprint density at radius 1 is 0.455 bits per heavy atom. The minimum Gasteiger partial charge on any atom is -0.504 e. The summed E-state index contributed by atoms with van der Waals surface area (Å²) in [6, 6.07) is 16.7. The van der Waals surface area contributed by atoms with Gasteiger partial charge in [0.1, 0.15) is 0 Å². The fourth-order valence-electron chi connectivity index (χ4n) is 2.37. The maximum absolute atomic E-state index is 9.68. The average Bonchev–Trinajstić information content (AvgIpc) is 2.53. The smallest absolute Gasteiger partial charge is 0.158 e. The van der Waals surface area contributed by atoms with Gasteiger partial charge in [-0.15, -0.1) is 0 Å². The lowest BCUT2D eigenvalue weighted by molar-refractivity contribution is 0.404. The van der Waals surface area contributed by atoms with Crippen molar-refractivity contribution in [3.8, 4) is 45.3 Å². The maximum atomic E-state index is 9.68. The molecule has 4 heteroatoms. The second-order valence-electron chi connectivity index (χ2n) is 4.95. The van der Waals surface area contributed by atoms with E-state index >= 15 is 0 Å². The molecule has 0 amide bonds. The molecule has 3 aromatic rings. The molecule has 0 radical (unpaired) electrons. The lowest BCUT2D eigenvalue weighted by Crippen LogP contribution is -1.85. The summed E-state index contributed by atoms with van der Waals surface area (Å²) in [6.45, 7) is 0. The lowest BCUT2D eigenvalue weighted by atomic mass is 9.94. The van der Waals surface area contributed by atoms with Gasteiger partial charge >= 0.3 is 0 Å². The molecule has 0 aliphatic carbocycles. The van der Waals surface area contributed by atoms with Crippen LogP contribution in [0.5, 0.6) is 23.0 Å². The monoisotopic (exact) mass is 294 g/mol. The number of hydrogen-bond donors (Lipinski definition) is 4. The van der Waals surface area contributed by atoms with Gasteiger partial charge in [-0.05, 0) is 46.5 Å². The lowest BCUT2D eigenvalue weighted by Gasteiger charge is -2.11. The minimum absolute atomic E-state index is 0.177. The molecule has 0 heterocycles. The maximum Gasteiger partial charge on any atom is 0.158 e. The van der Waals surface area contributed by atoms with Gasteiger partial charge < -0.3 is 20.4 Å². The number of aromatic hydroxyl groups is 4. The summed E-state index contributed by atoms with van der Waals surface area (Å²) in [7, 11) is 0. The summed E-state index contributed by atoms with van der Waals surface area (Å²) in [5.74, 6) is -0.742. The number of benzene rings is 3. The summed E-state index contributed by atoms with van der Waals surface area (Å²) < 4.78 is 0. The fraction of sp³-hybridized carbons (Fsp3) is 0. The van der Waals surface area contributed by atoms with Crippen molar-refractivity contribution in [2.24, 2.45) is 0 Å². The predicted molar refractivity (Wildman–Crippen MR) is 84.0 cm³/mol. The first kappa shape index (κ1) is 13.8. The summed E-state index contributed by atoms with van der Waals surface area (Å²) >= 11 is 0. The van der Waals surface area contributed by atoms with Crippen LogP contribution in [0.1, 0.15) is 0 Å². The largest absolute Gasteiger partial charge is 0.504 e. The van der Waals surface area contributed by atoms with Gasteiger partial charge in [0.2, 0.25) is 0 Å². The van der Waals surface area contributed by atoms with E-state index in [1.807, 2.05) is 24.3 Å². The molecule has 0 saturated carbocycles. The van der Waals surface area contributed by atoms with E-state index in [0.29, 0.717) is 0 Å². The van der Waals surface area contributed by atoms with Gasteiger partial charge in [0.25, 0.3) is 0 Å². The first-order chi connectivity index (χ1) is 10.6. The number of phenolic OH excluding ortho intramolecular Hbond substituents is 4. The van der Waals surface area contributed by atoms with Crippen LogP contribution in [-0.2, 0) is 0 Å². The molecule has 22 heavy (non-hydrogen) atoms. The van der Waals surface area contributed by atoms with Crippen molar-refractivity contribution in [2.75, 3.05) is 0 Å². The Labute approximate surface area is 127 Å². The van der Waals surface area contributed by atoms with Gasteiger partial charge in [-0.25, -0.2) is 0 Å². The van der Waals surface area contributed by atoms with Crippen molar-refractivity contribution in [1.82, 2.24) is 0 Å². The summed E-state index contributed by atoms with van der Waals surface area (Å²) in [5, 5.41) is 38.2. The molecule has 0 bridgehead atoms. The van der Waals surface area contributed by atoms with Crippen LogP contribution in [0.15, 0.2) is 60.7 Å². The molecular formula is C18H14O4. The Hall–Kier alpha value is -3.14. The summed E-state index contributed by atoms with van der Waals surface area (Å²) in [4.78, 5) is 0. The second-order valence-corrected chi connectivity index (χ2v) is 4.95. The Morgan fingerprint density at radius 2 is 0.864 bits per heavy atom. The van der Waals surface area contributed by atoms with Gasteiger partial charge in [-0.1, -0.05) is 36.4 Å². The van der Waals surface area contributed by atoms with Crippen molar-refractivity contribution >= 4 is 0 Å². The molecule has 4 N–H and O–H groups in total. The van der Waals surface area contributed by atoms with Crippen LogP contribution in [0.2, 0.25) is 0 Å². The fourth-order valence-corrected chi connectivity index (χ4v) is 2.37. The highest BCUT2D eigenvalue weighted by Crippen LogP contribution is 2.38. The molecule has 4 nitrogen and oxygen atoms in total. The van der Waals surface area contributed by atoms with E-state index in [-0.39, 0.29) is 23.0 Å². The van der Waals surface area contributed by atoms with Crippen LogP contribution in [-0.4, -0.2) is 20.4 Å². The first-order valence-electron chi connectivity index (χ1n) is 6.70. The van der Waals surface area contributed by atoms with E-state index in [1.165, 1.54) is 24.3 Å². The van der Waals surface area contributed by atoms with E-state index in [0.717, 1.165) is 22.3 Å². The van der Waals surface area contributed by atoms with Gasteiger partial charge in [0.15, 0.2) is 23.0 Å². The molecule has 0 spiro atoms. The van der Waals surface area contributed by atoms with E-state index in [4.69, 9.17) is 0 Å². The normalized spacial score (nSPS) is 10.5. The standard InChI is InChI=1S/C18H14O4/c19-15-7-5-11(9-17(15)21)13-3-1-2-4-14(13)12-6-8-16(20)18(22)10-12/h1-10,19-22H. The number of phenols is 4. The van der Waals surface area contributed by atoms with Crippen molar-refractivity contribution in [1.29, 1.82) is 0 Å². The molecule has 0 aliphatic rings. The van der Waals surface area contributed by atoms with Crippen LogP contribution in [0.3, 0.4) is 0 Å². The van der Waals surface area contributed by atoms with Gasteiger partial charge in [-0.3, -0.25) is 0 Å². The molecule has 3 aromatic carbocycles. The Morgan fingerprint density at radius 3 is 1.23 bits per heavy atom.